The lowest BCUT2D eigenvalue weighted by molar-refractivity contribution is -0.126. The van der Waals surface area contributed by atoms with Crippen molar-refractivity contribution in [2.75, 3.05) is 0 Å². The van der Waals surface area contributed by atoms with Crippen molar-refractivity contribution in [1.82, 2.24) is 0 Å². The Balaban J connectivity index is 2.90. The van der Waals surface area contributed by atoms with Gasteiger partial charge in [-0.1, -0.05) is 78.8 Å². The molecule has 3 atom stereocenters. The first-order valence-electron chi connectivity index (χ1n) is 9.99. The number of carbonyl (C=O) groups excluding carboxylic acids is 1. The molecule has 0 aliphatic heterocycles. The van der Waals surface area contributed by atoms with E-state index in [0.29, 0.717) is 12.8 Å². The van der Waals surface area contributed by atoms with Gasteiger partial charge in [-0.3, -0.25) is 4.79 Å². The quantitative estimate of drug-likeness (QED) is 0.600. The molecule has 1 rings (SSSR count). The number of benzene rings is 1. The number of aryl methyl sites for hydroxylation is 1. The average molecular weight is 377 g/mol. The zero-order valence-electron chi connectivity index (χ0n) is 18.3. The normalized spacial score (nSPS) is 16.7. The molecule has 0 radical (unpaired) electrons. The lowest BCUT2D eigenvalue weighted by atomic mass is 9.65. The summed E-state index contributed by atoms with van der Waals surface area (Å²) in [6, 6.07) is 9.85. The molecule has 3 unspecified atom stereocenters. The van der Waals surface area contributed by atoms with Crippen LogP contribution < -0.4 is 11.5 Å². The zero-order valence-corrected chi connectivity index (χ0v) is 18.3. The molecule has 0 heterocycles. The van der Waals surface area contributed by atoms with Gasteiger partial charge in [-0.15, -0.1) is 0 Å². The third-order valence-electron chi connectivity index (χ3n) is 5.96. The number of aliphatic hydroxyl groups is 1. The van der Waals surface area contributed by atoms with Crippen LogP contribution >= 0.6 is 0 Å². The number of carbonyl (C=O) groups is 1. The highest BCUT2D eigenvalue weighted by Crippen LogP contribution is 2.41. The SMILES string of the molecule is CC(C(O)C(CC(N)(N)C(=O)CCc1ccccc1)C(C)(C)C)C(C)(C)C. The van der Waals surface area contributed by atoms with E-state index in [4.69, 9.17) is 11.5 Å². The summed E-state index contributed by atoms with van der Waals surface area (Å²) in [7, 11) is 0. The molecule has 154 valence electrons. The van der Waals surface area contributed by atoms with Crippen LogP contribution in [0.25, 0.3) is 0 Å². The van der Waals surface area contributed by atoms with Gasteiger partial charge in [-0.2, -0.15) is 0 Å². The minimum atomic E-state index is -1.44. The molecule has 0 saturated heterocycles. The fourth-order valence-electron chi connectivity index (χ4n) is 3.41. The van der Waals surface area contributed by atoms with Gasteiger partial charge in [0.05, 0.1) is 6.10 Å². The maximum Gasteiger partial charge on any atom is 0.167 e. The van der Waals surface area contributed by atoms with Crippen LogP contribution in [0.4, 0.5) is 0 Å². The lowest BCUT2D eigenvalue weighted by Gasteiger charge is -2.44. The first kappa shape index (κ1) is 23.8. The van der Waals surface area contributed by atoms with E-state index in [1.54, 1.807) is 0 Å². The van der Waals surface area contributed by atoms with E-state index in [0.717, 1.165) is 5.56 Å². The van der Waals surface area contributed by atoms with Crippen LogP contribution in [0.1, 0.15) is 66.9 Å². The highest BCUT2D eigenvalue weighted by molar-refractivity contribution is 5.87. The molecule has 0 aliphatic rings. The molecular formula is C23H40N2O2. The van der Waals surface area contributed by atoms with Crippen molar-refractivity contribution in [2.24, 2.45) is 34.1 Å². The molecule has 0 spiro atoms. The van der Waals surface area contributed by atoms with E-state index in [1.165, 1.54) is 0 Å². The Bertz CT molecular complexity index is 597. The first-order valence-corrected chi connectivity index (χ1v) is 9.99. The average Bonchev–Trinajstić information content (AvgIpc) is 2.55. The van der Waals surface area contributed by atoms with Gasteiger partial charge >= 0.3 is 0 Å². The minimum Gasteiger partial charge on any atom is -0.393 e. The summed E-state index contributed by atoms with van der Waals surface area (Å²) >= 11 is 0. The fourth-order valence-corrected chi connectivity index (χ4v) is 3.41. The van der Waals surface area contributed by atoms with E-state index in [-0.39, 0.29) is 34.9 Å². The lowest BCUT2D eigenvalue weighted by Crippen LogP contribution is -2.60. The Morgan fingerprint density at radius 1 is 1.00 bits per heavy atom. The summed E-state index contributed by atoms with van der Waals surface area (Å²) in [6.45, 7) is 14.6. The molecule has 1 aromatic rings. The molecule has 0 amide bonds. The topological polar surface area (TPSA) is 89.3 Å². The monoisotopic (exact) mass is 376 g/mol. The van der Waals surface area contributed by atoms with E-state index >= 15 is 0 Å². The Kier molecular flexibility index (Phi) is 7.80. The Hall–Kier alpha value is -1.23. The number of ketones is 1. The molecule has 0 saturated carbocycles. The second-order valence-corrected chi connectivity index (χ2v) is 10.3. The molecule has 0 aliphatic carbocycles. The van der Waals surface area contributed by atoms with E-state index < -0.39 is 11.8 Å². The number of Topliss-reactive ketones (excluding diaryl/α,β-unsaturated/α-hetero) is 1. The second kappa shape index (κ2) is 8.85. The molecule has 5 N–H and O–H groups in total. The van der Waals surface area contributed by atoms with Crippen LogP contribution in [0, 0.1) is 22.7 Å². The van der Waals surface area contributed by atoms with Gasteiger partial charge in [0.15, 0.2) is 5.78 Å². The van der Waals surface area contributed by atoms with Crippen molar-refractivity contribution in [1.29, 1.82) is 0 Å². The van der Waals surface area contributed by atoms with Crippen molar-refractivity contribution in [2.45, 2.75) is 79.5 Å². The van der Waals surface area contributed by atoms with Crippen LogP contribution in [0.3, 0.4) is 0 Å². The Labute approximate surface area is 165 Å². The largest absolute Gasteiger partial charge is 0.393 e. The number of hydrogen-bond acceptors (Lipinski definition) is 4. The molecule has 27 heavy (non-hydrogen) atoms. The fraction of sp³-hybridized carbons (Fsp3) is 0.696. The van der Waals surface area contributed by atoms with Crippen LogP contribution in [0.15, 0.2) is 30.3 Å². The van der Waals surface area contributed by atoms with Gasteiger partial charge in [0.25, 0.3) is 0 Å². The van der Waals surface area contributed by atoms with Crippen LogP contribution in [-0.4, -0.2) is 22.7 Å². The highest BCUT2D eigenvalue weighted by Gasteiger charge is 2.43. The predicted molar refractivity (Wildman–Crippen MR) is 113 cm³/mol. The molecular weight excluding hydrogens is 336 g/mol. The molecule has 0 bridgehead atoms. The summed E-state index contributed by atoms with van der Waals surface area (Å²) in [5.41, 5.74) is 12.0. The van der Waals surface area contributed by atoms with Crippen molar-refractivity contribution >= 4 is 5.78 Å². The van der Waals surface area contributed by atoms with Gasteiger partial charge in [0.2, 0.25) is 0 Å². The van der Waals surface area contributed by atoms with Crippen molar-refractivity contribution in [3.05, 3.63) is 35.9 Å². The van der Waals surface area contributed by atoms with E-state index in [1.807, 2.05) is 30.3 Å². The summed E-state index contributed by atoms with van der Waals surface area (Å²) in [5, 5.41) is 11.1. The third kappa shape index (κ3) is 7.02. The Morgan fingerprint density at radius 2 is 1.52 bits per heavy atom. The first-order chi connectivity index (χ1) is 12.2. The number of aliphatic hydroxyl groups excluding tert-OH is 1. The maximum absolute atomic E-state index is 12.8. The second-order valence-electron chi connectivity index (χ2n) is 10.3. The third-order valence-corrected chi connectivity index (χ3v) is 5.96. The van der Waals surface area contributed by atoms with Gasteiger partial charge in [0.1, 0.15) is 5.66 Å². The highest BCUT2D eigenvalue weighted by atomic mass is 16.3. The van der Waals surface area contributed by atoms with Gasteiger partial charge in [0, 0.05) is 6.42 Å². The zero-order chi connectivity index (χ0) is 21.0. The summed E-state index contributed by atoms with van der Waals surface area (Å²) < 4.78 is 0. The van der Waals surface area contributed by atoms with Gasteiger partial charge in [-0.05, 0) is 41.1 Å². The predicted octanol–water partition coefficient (Wildman–Crippen LogP) is 3.90. The molecule has 4 heteroatoms. The Morgan fingerprint density at radius 3 is 1.96 bits per heavy atom. The molecule has 4 nitrogen and oxygen atoms in total. The number of rotatable bonds is 8. The number of nitrogens with two attached hydrogens (primary N) is 2. The maximum atomic E-state index is 12.8. The van der Waals surface area contributed by atoms with Crippen LogP contribution in [0.5, 0.6) is 0 Å². The molecule has 0 aromatic heterocycles. The molecule has 0 fully saturated rings. The van der Waals surface area contributed by atoms with E-state index in [9.17, 15) is 9.90 Å². The van der Waals surface area contributed by atoms with Gasteiger partial charge in [-0.25, -0.2) is 0 Å². The van der Waals surface area contributed by atoms with Gasteiger partial charge < -0.3 is 16.6 Å². The number of hydrogen-bond donors (Lipinski definition) is 3. The minimum absolute atomic E-state index is 0.0495. The standard InChI is InChI=1S/C23H40N2O2/c1-16(21(2,3)4)20(27)18(22(5,6)7)15-23(24,25)19(26)14-13-17-11-9-8-10-12-17/h8-12,16,18,20,27H,13-15,24-25H2,1-7H3. The van der Waals surface area contributed by atoms with Crippen molar-refractivity contribution < 1.29 is 9.90 Å². The smallest absolute Gasteiger partial charge is 0.167 e. The summed E-state index contributed by atoms with van der Waals surface area (Å²) in [4.78, 5) is 12.8. The van der Waals surface area contributed by atoms with Crippen molar-refractivity contribution in [3.8, 4) is 0 Å². The molecule has 1 aromatic carbocycles. The van der Waals surface area contributed by atoms with E-state index in [2.05, 4.69) is 48.5 Å². The summed E-state index contributed by atoms with van der Waals surface area (Å²) in [6.07, 6.45) is 0.611. The van der Waals surface area contributed by atoms with Crippen LogP contribution in [0.2, 0.25) is 0 Å². The van der Waals surface area contributed by atoms with Crippen LogP contribution in [-0.2, 0) is 11.2 Å². The summed E-state index contributed by atoms with van der Waals surface area (Å²) in [5.74, 6) is -0.282. The van der Waals surface area contributed by atoms with Crippen molar-refractivity contribution in [3.63, 3.8) is 0 Å².